The molecule has 1 aliphatic heterocycles. The van der Waals surface area contributed by atoms with Crippen molar-refractivity contribution >= 4 is 11.7 Å². The van der Waals surface area contributed by atoms with Crippen molar-refractivity contribution in [1.82, 2.24) is 14.7 Å². The lowest BCUT2D eigenvalue weighted by molar-refractivity contribution is 0.0574. The number of carbonyl (C=O) groups is 1. The minimum Gasteiger partial charge on any atom is -0.396 e. The Morgan fingerprint density at radius 3 is 2.76 bits per heavy atom. The zero-order valence-electron chi connectivity index (χ0n) is 13.9. The molecule has 7 nitrogen and oxygen atoms in total. The number of hydrogen-bond acceptors (Lipinski definition) is 5. The van der Waals surface area contributed by atoms with E-state index in [4.69, 9.17) is 11.0 Å². The number of nitrogens with two attached hydrogens (primary N) is 1. The smallest absolute Gasteiger partial charge is 0.254 e. The second-order valence-corrected chi connectivity index (χ2v) is 6.17. The van der Waals surface area contributed by atoms with Gasteiger partial charge in [0.05, 0.1) is 11.9 Å². The maximum absolute atomic E-state index is 12.8. The summed E-state index contributed by atoms with van der Waals surface area (Å²) in [5, 5.41) is 22.3. The molecule has 2 heterocycles. The van der Waals surface area contributed by atoms with Gasteiger partial charge in [-0.25, -0.2) is 4.68 Å². The van der Waals surface area contributed by atoms with E-state index in [0.29, 0.717) is 23.2 Å². The number of rotatable bonds is 4. The predicted molar refractivity (Wildman–Crippen MR) is 93.1 cm³/mol. The van der Waals surface area contributed by atoms with Gasteiger partial charge < -0.3 is 15.7 Å². The first-order valence-corrected chi connectivity index (χ1v) is 8.41. The molecule has 0 spiro atoms. The summed E-state index contributed by atoms with van der Waals surface area (Å²) in [5.41, 5.74) is 7.50. The molecule has 0 bridgehead atoms. The van der Waals surface area contributed by atoms with Crippen molar-refractivity contribution in [2.24, 2.45) is 0 Å². The number of hydrogen-bond donors (Lipinski definition) is 2. The topological polar surface area (TPSA) is 108 Å². The van der Waals surface area contributed by atoms with Crippen LogP contribution in [0.2, 0.25) is 0 Å². The SMILES string of the molecule is N#Cc1cnn(-c2ccc(C(=O)N3CCCCC3CCO)cc2)c1N. The van der Waals surface area contributed by atoms with E-state index in [1.165, 1.54) is 10.9 Å². The van der Waals surface area contributed by atoms with Crippen LogP contribution in [0.15, 0.2) is 30.5 Å². The van der Waals surface area contributed by atoms with Crippen LogP contribution in [0.3, 0.4) is 0 Å². The maximum Gasteiger partial charge on any atom is 0.254 e. The molecule has 1 unspecified atom stereocenters. The van der Waals surface area contributed by atoms with Gasteiger partial charge in [-0.3, -0.25) is 4.79 Å². The Kier molecular flexibility index (Phi) is 5.00. The maximum atomic E-state index is 12.8. The van der Waals surface area contributed by atoms with Gasteiger partial charge in [0.15, 0.2) is 0 Å². The third-order valence-electron chi connectivity index (χ3n) is 4.64. The van der Waals surface area contributed by atoms with Crippen LogP contribution in [0.4, 0.5) is 5.82 Å². The van der Waals surface area contributed by atoms with Gasteiger partial charge in [0.25, 0.3) is 5.91 Å². The van der Waals surface area contributed by atoms with E-state index in [9.17, 15) is 9.90 Å². The average Bonchev–Trinajstić information content (AvgIpc) is 3.02. The molecule has 0 aliphatic carbocycles. The van der Waals surface area contributed by atoms with Gasteiger partial charge in [-0.15, -0.1) is 0 Å². The Morgan fingerprint density at radius 2 is 2.12 bits per heavy atom. The zero-order chi connectivity index (χ0) is 17.8. The molecule has 130 valence electrons. The van der Waals surface area contributed by atoms with Crippen molar-refractivity contribution in [3.8, 4) is 11.8 Å². The molecule has 25 heavy (non-hydrogen) atoms. The monoisotopic (exact) mass is 339 g/mol. The summed E-state index contributed by atoms with van der Waals surface area (Å²) in [4.78, 5) is 14.7. The molecule has 1 aliphatic rings. The van der Waals surface area contributed by atoms with Crippen LogP contribution < -0.4 is 5.73 Å². The van der Waals surface area contributed by atoms with Crippen molar-refractivity contribution in [1.29, 1.82) is 5.26 Å². The number of nitrogen functional groups attached to an aromatic ring is 1. The second kappa shape index (κ2) is 7.36. The largest absolute Gasteiger partial charge is 0.396 e. The number of likely N-dealkylation sites (tertiary alicyclic amines) is 1. The number of piperidine rings is 1. The van der Waals surface area contributed by atoms with Crippen LogP contribution in [0.25, 0.3) is 5.69 Å². The van der Waals surface area contributed by atoms with E-state index in [1.54, 1.807) is 24.3 Å². The molecule has 1 amide bonds. The van der Waals surface area contributed by atoms with E-state index in [-0.39, 0.29) is 24.4 Å². The summed E-state index contributed by atoms with van der Waals surface area (Å²) < 4.78 is 1.47. The van der Waals surface area contributed by atoms with E-state index >= 15 is 0 Å². The van der Waals surface area contributed by atoms with Crippen LogP contribution in [0.1, 0.15) is 41.6 Å². The fourth-order valence-electron chi connectivity index (χ4n) is 3.28. The molecule has 3 N–H and O–H groups in total. The fourth-order valence-corrected chi connectivity index (χ4v) is 3.28. The average molecular weight is 339 g/mol. The van der Waals surface area contributed by atoms with Crippen molar-refractivity contribution in [3.63, 3.8) is 0 Å². The molecule has 1 atom stereocenters. The molecule has 2 aromatic rings. The summed E-state index contributed by atoms with van der Waals surface area (Å²) in [6.45, 7) is 0.816. The zero-order valence-corrected chi connectivity index (χ0v) is 13.9. The molecule has 3 rings (SSSR count). The minimum absolute atomic E-state index is 0.0177. The lowest BCUT2D eigenvalue weighted by Crippen LogP contribution is -2.44. The van der Waals surface area contributed by atoms with Gasteiger partial charge in [-0.05, 0) is 49.9 Å². The van der Waals surface area contributed by atoms with Gasteiger partial charge in [0.1, 0.15) is 17.5 Å². The Labute approximate surface area is 146 Å². The molecular formula is C18H21N5O2. The lowest BCUT2D eigenvalue weighted by Gasteiger charge is -2.35. The lowest BCUT2D eigenvalue weighted by atomic mass is 9.98. The van der Waals surface area contributed by atoms with Crippen LogP contribution in [0.5, 0.6) is 0 Å². The number of nitriles is 1. The van der Waals surface area contributed by atoms with Crippen LogP contribution >= 0.6 is 0 Å². The van der Waals surface area contributed by atoms with Crippen molar-refractivity contribution in [3.05, 3.63) is 41.6 Å². The quantitative estimate of drug-likeness (QED) is 0.881. The Balaban J connectivity index is 1.80. The third-order valence-corrected chi connectivity index (χ3v) is 4.64. The summed E-state index contributed by atoms with van der Waals surface area (Å²) >= 11 is 0. The van der Waals surface area contributed by atoms with Crippen LogP contribution in [-0.4, -0.2) is 44.9 Å². The number of anilines is 1. The van der Waals surface area contributed by atoms with E-state index in [2.05, 4.69) is 5.10 Å². The molecule has 0 saturated carbocycles. The number of aliphatic hydroxyl groups is 1. The molecule has 0 radical (unpaired) electrons. The van der Waals surface area contributed by atoms with E-state index in [1.807, 2.05) is 11.0 Å². The number of amides is 1. The molecule has 1 aromatic carbocycles. The Hall–Kier alpha value is -2.85. The van der Waals surface area contributed by atoms with Crippen molar-refractivity contribution in [2.45, 2.75) is 31.7 Å². The standard InChI is InChI=1S/C18H21N5O2/c19-11-14-12-21-23(17(14)20)16-6-4-13(5-7-16)18(25)22-9-2-1-3-15(22)8-10-24/h4-7,12,15,24H,1-3,8-10,20H2. The first-order chi connectivity index (χ1) is 12.2. The van der Waals surface area contributed by atoms with E-state index in [0.717, 1.165) is 25.8 Å². The van der Waals surface area contributed by atoms with E-state index < -0.39 is 0 Å². The van der Waals surface area contributed by atoms with Crippen LogP contribution in [-0.2, 0) is 0 Å². The number of aliphatic hydroxyl groups excluding tert-OH is 1. The third kappa shape index (κ3) is 3.35. The normalized spacial score (nSPS) is 17.3. The Bertz CT molecular complexity index is 789. The highest BCUT2D eigenvalue weighted by molar-refractivity contribution is 5.94. The Morgan fingerprint density at radius 1 is 1.36 bits per heavy atom. The number of benzene rings is 1. The molecule has 1 saturated heterocycles. The number of aromatic nitrogens is 2. The van der Waals surface area contributed by atoms with Crippen molar-refractivity contribution < 1.29 is 9.90 Å². The molecule has 1 fully saturated rings. The molecule has 1 aromatic heterocycles. The summed E-state index contributed by atoms with van der Waals surface area (Å²) in [6.07, 6.45) is 5.05. The summed E-state index contributed by atoms with van der Waals surface area (Å²) in [7, 11) is 0. The highest BCUT2D eigenvalue weighted by atomic mass is 16.3. The number of carbonyl (C=O) groups excluding carboxylic acids is 1. The first kappa shape index (κ1) is 17.0. The summed E-state index contributed by atoms with van der Waals surface area (Å²) in [5.74, 6) is 0.261. The van der Waals surface area contributed by atoms with Gasteiger partial charge >= 0.3 is 0 Å². The number of nitrogens with zero attached hydrogens (tertiary/aromatic N) is 4. The summed E-state index contributed by atoms with van der Waals surface area (Å²) in [6, 6.07) is 9.11. The van der Waals surface area contributed by atoms with Crippen LogP contribution in [0, 0.1) is 11.3 Å². The highest BCUT2D eigenvalue weighted by Gasteiger charge is 2.27. The van der Waals surface area contributed by atoms with Gasteiger partial charge in [0.2, 0.25) is 0 Å². The highest BCUT2D eigenvalue weighted by Crippen LogP contribution is 2.23. The first-order valence-electron chi connectivity index (χ1n) is 8.41. The molecular weight excluding hydrogens is 318 g/mol. The predicted octanol–water partition coefficient (Wildman–Crippen LogP) is 1.70. The van der Waals surface area contributed by atoms with Gasteiger partial charge in [-0.1, -0.05) is 0 Å². The van der Waals surface area contributed by atoms with Gasteiger partial charge in [0, 0.05) is 24.8 Å². The molecule has 7 heteroatoms. The fraction of sp³-hybridized carbons (Fsp3) is 0.389. The van der Waals surface area contributed by atoms with Crippen molar-refractivity contribution in [2.75, 3.05) is 18.9 Å². The minimum atomic E-state index is -0.0177. The second-order valence-electron chi connectivity index (χ2n) is 6.17. The van der Waals surface area contributed by atoms with Gasteiger partial charge in [-0.2, -0.15) is 10.4 Å².